The standard InChI is InChI=1S/C14H30O7Si2/c1-8-14(23(18-5,19-6)20-7)10-9-11-12(21-11)13(14)22(15-2,16-3)17-4/h11-13H,8-10H2,1-7H3. The molecule has 2 aliphatic rings. The summed E-state index contributed by atoms with van der Waals surface area (Å²) in [6, 6.07) is 0. The van der Waals surface area contributed by atoms with Crippen LogP contribution in [0.2, 0.25) is 10.6 Å². The van der Waals surface area contributed by atoms with Crippen molar-refractivity contribution in [2.45, 2.75) is 49.0 Å². The largest absolute Gasteiger partial charge is 0.507 e. The maximum atomic E-state index is 5.94. The monoisotopic (exact) mass is 366 g/mol. The summed E-state index contributed by atoms with van der Waals surface area (Å²) in [6.07, 6.45) is 2.94. The average Bonchev–Trinajstić information content (AvgIpc) is 3.39. The van der Waals surface area contributed by atoms with Crippen molar-refractivity contribution in [3.05, 3.63) is 0 Å². The minimum atomic E-state index is -2.99. The summed E-state index contributed by atoms with van der Waals surface area (Å²) in [6.45, 7) is 2.13. The van der Waals surface area contributed by atoms with Gasteiger partial charge in [-0.05, 0) is 19.3 Å². The predicted octanol–water partition coefficient (Wildman–Crippen LogP) is 1.82. The number of fused-ring (bicyclic) bond motifs is 1. The summed E-state index contributed by atoms with van der Waals surface area (Å²) in [5.74, 6) is 0. The van der Waals surface area contributed by atoms with Gasteiger partial charge in [0.05, 0.1) is 22.8 Å². The van der Waals surface area contributed by atoms with Gasteiger partial charge >= 0.3 is 17.6 Å². The fourth-order valence-electron chi connectivity index (χ4n) is 4.54. The topological polar surface area (TPSA) is 67.9 Å². The Balaban J connectivity index is 2.58. The normalized spacial score (nSPS) is 34.3. The highest BCUT2D eigenvalue weighted by Crippen LogP contribution is 2.68. The summed E-state index contributed by atoms with van der Waals surface area (Å²) < 4.78 is 41.1. The summed E-state index contributed by atoms with van der Waals surface area (Å²) in [5, 5.41) is -0.364. The number of ether oxygens (including phenoxy) is 1. The maximum absolute atomic E-state index is 5.94. The number of hydrogen-bond acceptors (Lipinski definition) is 7. The van der Waals surface area contributed by atoms with E-state index in [9.17, 15) is 0 Å². The van der Waals surface area contributed by atoms with E-state index in [2.05, 4.69) is 6.92 Å². The van der Waals surface area contributed by atoms with E-state index < -0.39 is 17.6 Å². The summed E-state index contributed by atoms with van der Waals surface area (Å²) >= 11 is 0. The highest BCUT2D eigenvalue weighted by atomic mass is 28.4. The molecule has 7 nitrogen and oxygen atoms in total. The minimum Gasteiger partial charge on any atom is -0.377 e. The molecule has 2 rings (SSSR count). The van der Waals surface area contributed by atoms with E-state index in [1.54, 1.807) is 42.7 Å². The molecule has 4 unspecified atom stereocenters. The van der Waals surface area contributed by atoms with Crippen molar-refractivity contribution in [3.8, 4) is 0 Å². The summed E-state index contributed by atoms with van der Waals surface area (Å²) in [5.41, 5.74) is -0.0785. The Bertz CT molecular complexity index is 386. The maximum Gasteiger partial charge on any atom is 0.507 e. The molecule has 1 saturated heterocycles. The van der Waals surface area contributed by atoms with Crippen LogP contribution in [0.1, 0.15) is 26.2 Å². The van der Waals surface area contributed by atoms with Gasteiger partial charge in [0.2, 0.25) is 0 Å². The molecule has 0 amide bonds. The SMILES string of the molecule is CCC1([Si](OC)(OC)OC)CCC2OC2C1[Si](OC)(OC)OC. The molecular formula is C14H30O7Si2. The zero-order valence-corrected chi connectivity index (χ0v) is 17.2. The molecule has 0 aromatic rings. The van der Waals surface area contributed by atoms with Crippen LogP contribution in [0.4, 0.5) is 0 Å². The first-order valence-corrected chi connectivity index (χ1v) is 11.5. The zero-order chi connectivity index (χ0) is 17.3. The van der Waals surface area contributed by atoms with Crippen molar-refractivity contribution in [3.63, 3.8) is 0 Å². The number of hydrogen-bond donors (Lipinski definition) is 0. The number of rotatable bonds is 9. The van der Waals surface area contributed by atoms with Crippen LogP contribution in [0.5, 0.6) is 0 Å². The lowest BCUT2D eigenvalue weighted by atomic mass is 9.85. The van der Waals surface area contributed by atoms with Crippen LogP contribution in [-0.4, -0.2) is 72.5 Å². The second kappa shape index (κ2) is 7.18. The summed E-state index contributed by atoms with van der Waals surface area (Å²) in [4.78, 5) is 0. The van der Waals surface area contributed by atoms with Crippen molar-refractivity contribution in [1.82, 2.24) is 0 Å². The van der Waals surface area contributed by atoms with E-state index in [4.69, 9.17) is 31.3 Å². The van der Waals surface area contributed by atoms with Gasteiger partial charge in [0.25, 0.3) is 0 Å². The molecule has 23 heavy (non-hydrogen) atoms. The Hall–Kier alpha value is 0.154. The van der Waals surface area contributed by atoms with Crippen molar-refractivity contribution < 1.29 is 31.3 Å². The predicted molar refractivity (Wildman–Crippen MR) is 88.2 cm³/mol. The Morgan fingerprint density at radius 1 is 0.913 bits per heavy atom. The number of epoxide rings is 1. The van der Waals surface area contributed by atoms with Crippen LogP contribution in [0, 0.1) is 0 Å². The molecule has 0 radical (unpaired) electrons. The summed E-state index contributed by atoms with van der Waals surface area (Å²) in [7, 11) is 3.92. The van der Waals surface area contributed by atoms with E-state index in [1.807, 2.05) is 0 Å². The van der Waals surface area contributed by atoms with E-state index in [-0.39, 0.29) is 22.8 Å². The molecule has 0 aromatic carbocycles. The lowest BCUT2D eigenvalue weighted by Crippen LogP contribution is -2.65. The first-order valence-electron chi connectivity index (χ1n) is 7.96. The van der Waals surface area contributed by atoms with Gasteiger partial charge in [-0.2, -0.15) is 0 Å². The fraction of sp³-hybridized carbons (Fsp3) is 1.00. The van der Waals surface area contributed by atoms with E-state index in [1.165, 1.54) is 0 Å². The molecule has 4 atom stereocenters. The quantitative estimate of drug-likeness (QED) is 0.455. The zero-order valence-electron chi connectivity index (χ0n) is 15.2. The molecule has 9 heteroatoms. The average molecular weight is 367 g/mol. The van der Waals surface area contributed by atoms with Crippen molar-refractivity contribution >= 4 is 17.6 Å². The molecule has 0 spiro atoms. The van der Waals surface area contributed by atoms with E-state index in [0.29, 0.717) is 0 Å². The Labute approximate surface area is 141 Å². The first-order chi connectivity index (χ1) is 11.0. The van der Waals surface area contributed by atoms with Gasteiger partial charge in [-0.3, -0.25) is 0 Å². The van der Waals surface area contributed by atoms with E-state index in [0.717, 1.165) is 19.3 Å². The third-order valence-corrected chi connectivity index (χ3v) is 13.1. The van der Waals surface area contributed by atoms with Crippen LogP contribution < -0.4 is 0 Å². The van der Waals surface area contributed by atoms with Crippen LogP contribution in [0.25, 0.3) is 0 Å². The third-order valence-electron chi connectivity index (χ3n) is 5.70. The van der Waals surface area contributed by atoms with Crippen LogP contribution in [0.3, 0.4) is 0 Å². The fourth-order valence-corrected chi connectivity index (χ4v) is 11.7. The van der Waals surface area contributed by atoms with E-state index >= 15 is 0 Å². The van der Waals surface area contributed by atoms with Gasteiger partial charge in [0.15, 0.2) is 0 Å². The molecule has 2 fully saturated rings. The third kappa shape index (κ3) is 2.66. The minimum absolute atomic E-state index is 0.0440. The first kappa shape index (κ1) is 19.5. The molecule has 1 aliphatic heterocycles. The van der Waals surface area contributed by atoms with Crippen LogP contribution in [0.15, 0.2) is 0 Å². The molecule has 1 saturated carbocycles. The highest BCUT2D eigenvalue weighted by molar-refractivity contribution is 6.70. The van der Waals surface area contributed by atoms with Crippen LogP contribution >= 0.6 is 0 Å². The molecule has 0 bridgehead atoms. The Kier molecular flexibility index (Phi) is 6.08. The van der Waals surface area contributed by atoms with Crippen molar-refractivity contribution in [2.75, 3.05) is 42.7 Å². The lowest BCUT2D eigenvalue weighted by Gasteiger charge is -2.52. The van der Waals surface area contributed by atoms with Gasteiger partial charge in [0, 0.05) is 42.7 Å². The van der Waals surface area contributed by atoms with Crippen molar-refractivity contribution in [1.29, 1.82) is 0 Å². The lowest BCUT2D eigenvalue weighted by molar-refractivity contribution is 0.0486. The second-order valence-corrected chi connectivity index (χ2v) is 12.4. The smallest absolute Gasteiger partial charge is 0.377 e. The van der Waals surface area contributed by atoms with Gasteiger partial charge in [0.1, 0.15) is 0 Å². The molecule has 0 N–H and O–H groups in total. The molecular weight excluding hydrogens is 336 g/mol. The molecule has 136 valence electrons. The van der Waals surface area contributed by atoms with Gasteiger partial charge in [-0.15, -0.1) is 0 Å². The van der Waals surface area contributed by atoms with Gasteiger partial charge < -0.3 is 31.3 Å². The second-order valence-electron chi connectivity index (χ2n) is 6.05. The Morgan fingerprint density at radius 2 is 1.43 bits per heavy atom. The van der Waals surface area contributed by atoms with Crippen LogP contribution in [-0.2, 0) is 31.3 Å². The Morgan fingerprint density at radius 3 is 1.83 bits per heavy atom. The van der Waals surface area contributed by atoms with Crippen molar-refractivity contribution in [2.24, 2.45) is 0 Å². The molecule has 1 heterocycles. The van der Waals surface area contributed by atoms with Gasteiger partial charge in [-0.25, -0.2) is 0 Å². The molecule has 1 aliphatic carbocycles. The molecule has 0 aromatic heterocycles. The van der Waals surface area contributed by atoms with Gasteiger partial charge in [-0.1, -0.05) is 6.92 Å². The highest BCUT2D eigenvalue weighted by Gasteiger charge is 2.77.